The summed E-state index contributed by atoms with van der Waals surface area (Å²) in [5.41, 5.74) is 0. The van der Waals surface area contributed by atoms with E-state index in [0.717, 1.165) is 64.2 Å². The van der Waals surface area contributed by atoms with Crippen molar-refractivity contribution in [3.63, 3.8) is 0 Å². The van der Waals surface area contributed by atoms with Gasteiger partial charge in [-0.05, 0) is 51.4 Å². The van der Waals surface area contributed by atoms with Crippen molar-refractivity contribution in [1.29, 1.82) is 0 Å². The number of unbranched alkanes of at least 4 members (excludes halogenated alkanes) is 12. The Morgan fingerprint density at radius 1 is 0.433 bits per heavy atom. The minimum Gasteiger partial charge on any atom is -0.481 e. The number of hydrogen-bond donors (Lipinski definition) is 2. The molecule has 30 heavy (non-hydrogen) atoms. The van der Waals surface area contributed by atoms with Crippen LogP contribution in [0.25, 0.3) is 0 Å². The van der Waals surface area contributed by atoms with Crippen molar-refractivity contribution in [2.24, 2.45) is 0 Å². The quantitative estimate of drug-likeness (QED) is 0.138. The van der Waals surface area contributed by atoms with Crippen LogP contribution >= 0.6 is 0 Å². The lowest BCUT2D eigenvalue weighted by Gasteiger charge is -1.99. The maximum Gasteiger partial charge on any atom is 0.303 e. The van der Waals surface area contributed by atoms with E-state index in [-0.39, 0.29) is 0 Å². The number of carbonyl (C=O) groups is 2. The van der Waals surface area contributed by atoms with Crippen LogP contribution in [0.3, 0.4) is 0 Å². The van der Waals surface area contributed by atoms with Crippen LogP contribution in [0.4, 0.5) is 0 Å². The maximum atomic E-state index is 10.4. The fraction of sp³-hybridized carbons (Fsp3) is 0.692. The Labute approximate surface area is 184 Å². The summed E-state index contributed by atoms with van der Waals surface area (Å²) < 4.78 is 0. The molecular weight excluding hydrogens is 376 g/mol. The summed E-state index contributed by atoms with van der Waals surface area (Å²) in [7, 11) is 0. The molecule has 0 aromatic heterocycles. The lowest BCUT2D eigenvalue weighted by molar-refractivity contribution is -0.138. The number of carboxylic acids is 2. The normalized spacial score (nSPS) is 11.9. The zero-order chi connectivity index (χ0) is 22.1. The van der Waals surface area contributed by atoms with Gasteiger partial charge in [-0.15, -0.1) is 0 Å². The Bertz CT molecular complexity index is 447. The van der Waals surface area contributed by atoms with Crippen molar-refractivity contribution in [2.45, 2.75) is 116 Å². The third-order valence-electron chi connectivity index (χ3n) is 5.07. The first-order chi connectivity index (χ1) is 14.6. The van der Waals surface area contributed by atoms with E-state index in [4.69, 9.17) is 10.2 Å². The summed E-state index contributed by atoms with van der Waals surface area (Å²) in [4.78, 5) is 20.8. The van der Waals surface area contributed by atoms with Gasteiger partial charge in [-0.1, -0.05) is 87.8 Å². The molecule has 0 unspecified atom stereocenters. The fourth-order valence-corrected chi connectivity index (χ4v) is 3.27. The van der Waals surface area contributed by atoms with Gasteiger partial charge in [0.1, 0.15) is 0 Å². The van der Waals surface area contributed by atoms with Crippen LogP contribution in [0.2, 0.25) is 0 Å². The summed E-state index contributed by atoms with van der Waals surface area (Å²) >= 11 is 0. The van der Waals surface area contributed by atoms with Crippen molar-refractivity contribution in [1.82, 2.24) is 0 Å². The standard InChI is InChI=1S/C26H44O4/c27-25(28)23-21-19-17-15-13-11-9-7-5-3-1-2-4-6-8-10-12-14-16-18-20-22-24-26(29)30/h1-2,5-8H,3-4,9-24H2,(H,27,28)(H,29,30). The van der Waals surface area contributed by atoms with E-state index < -0.39 is 11.9 Å². The molecule has 0 aromatic carbocycles. The topological polar surface area (TPSA) is 74.6 Å². The molecular formula is C26H44O4. The van der Waals surface area contributed by atoms with E-state index in [1.165, 1.54) is 38.5 Å². The fourth-order valence-electron chi connectivity index (χ4n) is 3.27. The summed E-state index contributed by atoms with van der Waals surface area (Å²) in [6.45, 7) is 0. The molecule has 0 amide bonds. The third kappa shape index (κ3) is 26.2. The minimum atomic E-state index is -0.681. The number of hydrogen-bond acceptors (Lipinski definition) is 2. The van der Waals surface area contributed by atoms with Crippen LogP contribution < -0.4 is 0 Å². The number of rotatable bonds is 22. The molecule has 2 N–H and O–H groups in total. The second-order valence-corrected chi connectivity index (χ2v) is 7.99. The molecule has 0 heterocycles. The van der Waals surface area contributed by atoms with Crippen LogP contribution in [0.5, 0.6) is 0 Å². The van der Waals surface area contributed by atoms with Gasteiger partial charge < -0.3 is 10.2 Å². The second-order valence-electron chi connectivity index (χ2n) is 7.99. The molecule has 0 bridgehead atoms. The molecule has 4 nitrogen and oxygen atoms in total. The van der Waals surface area contributed by atoms with Gasteiger partial charge in [0.2, 0.25) is 0 Å². The predicted molar refractivity (Wildman–Crippen MR) is 126 cm³/mol. The van der Waals surface area contributed by atoms with E-state index >= 15 is 0 Å². The van der Waals surface area contributed by atoms with Crippen molar-refractivity contribution in [3.05, 3.63) is 36.5 Å². The Hall–Kier alpha value is -1.84. The highest BCUT2D eigenvalue weighted by molar-refractivity contribution is 5.66. The molecule has 0 radical (unpaired) electrons. The van der Waals surface area contributed by atoms with Gasteiger partial charge in [-0.3, -0.25) is 9.59 Å². The monoisotopic (exact) mass is 420 g/mol. The van der Waals surface area contributed by atoms with Gasteiger partial charge in [-0.2, -0.15) is 0 Å². The molecule has 0 atom stereocenters. The van der Waals surface area contributed by atoms with Crippen molar-refractivity contribution < 1.29 is 19.8 Å². The highest BCUT2D eigenvalue weighted by Crippen LogP contribution is 2.10. The summed E-state index contributed by atoms with van der Waals surface area (Å²) in [5.74, 6) is -1.36. The molecule has 4 heteroatoms. The maximum absolute atomic E-state index is 10.4. The van der Waals surface area contributed by atoms with Crippen LogP contribution in [-0.4, -0.2) is 22.2 Å². The lowest BCUT2D eigenvalue weighted by atomic mass is 10.1. The molecule has 0 spiro atoms. The van der Waals surface area contributed by atoms with E-state index in [2.05, 4.69) is 36.5 Å². The summed E-state index contributed by atoms with van der Waals surface area (Å²) in [6, 6.07) is 0. The highest BCUT2D eigenvalue weighted by atomic mass is 16.4. The van der Waals surface area contributed by atoms with E-state index in [1.807, 2.05) is 0 Å². The van der Waals surface area contributed by atoms with E-state index in [0.29, 0.717) is 12.8 Å². The Morgan fingerprint density at radius 2 is 0.733 bits per heavy atom. The molecule has 0 aliphatic carbocycles. The third-order valence-corrected chi connectivity index (χ3v) is 5.07. The molecule has 0 saturated heterocycles. The smallest absolute Gasteiger partial charge is 0.303 e. The minimum absolute atomic E-state index is 0.310. The van der Waals surface area contributed by atoms with Gasteiger partial charge in [0.05, 0.1) is 0 Å². The van der Waals surface area contributed by atoms with Gasteiger partial charge >= 0.3 is 11.9 Å². The predicted octanol–water partition coefficient (Wildman–Crippen LogP) is 7.85. The molecule has 0 saturated carbocycles. The first kappa shape index (κ1) is 28.2. The Kier molecular flexibility index (Phi) is 22.0. The molecule has 0 aromatic rings. The van der Waals surface area contributed by atoms with Crippen molar-refractivity contribution >= 4 is 11.9 Å². The van der Waals surface area contributed by atoms with E-state index in [1.54, 1.807) is 0 Å². The average molecular weight is 421 g/mol. The summed E-state index contributed by atoms with van der Waals surface area (Å²) in [6.07, 6.45) is 31.8. The number of aliphatic carboxylic acids is 2. The molecule has 0 aliphatic rings. The zero-order valence-corrected chi connectivity index (χ0v) is 18.9. The van der Waals surface area contributed by atoms with Crippen LogP contribution in [0.15, 0.2) is 36.5 Å². The largest absolute Gasteiger partial charge is 0.481 e. The van der Waals surface area contributed by atoms with Crippen LogP contribution in [0, 0.1) is 0 Å². The second kappa shape index (κ2) is 23.4. The van der Waals surface area contributed by atoms with Crippen LogP contribution in [-0.2, 0) is 9.59 Å². The summed E-state index contributed by atoms with van der Waals surface area (Å²) in [5, 5.41) is 17.1. The number of allylic oxidation sites excluding steroid dienone is 6. The van der Waals surface area contributed by atoms with Gasteiger partial charge in [-0.25, -0.2) is 0 Å². The molecule has 0 rings (SSSR count). The first-order valence-electron chi connectivity index (χ1n) is 12.0. The average Bonchev–Trinajstić information content (AvgIpc) is 2.70. The first-order valence-corrected chi connectivity index (χ1v) is 12.0. The zero-order valence-electron chi connectivity index (χ0n) is 18.9. The van der Waals surface area contributed by atoms with Crippen molar-refractivity contribution in [2.75, 3.05) is 0 Å². The molecule has 172 valence electrons. The van der Waals surface area contributed by atoms with Crippen molar-refractivity contribution in [3.8, 4) is 0 Å². The Balaban J connectivity index is 3.28. The van der Waals surface area contributed by atoms with Gasteiger partial charge in [0.25, 0.3) is 0 Å². The molecule has 0 fully saturated rings. The van der Waals surface area contributed by atoms with Gasteiger partial charge in [0, 0.05) is 12.8 Å². The number of carboxylic acid groups (broad SMARTS) is 2. The van der Waals surface area contributed by atoms with Crippen LogP contribution in [0.1, 0.15) is 116 Å². The molecule has 0 aliphatic heterocycles. The Morgan fingerprint density at radius 3 is 1.10 bits per heavy atom. The lowest BCUT2D eigenvalue weighted by Crippen LogP contribution is -1.93. The van der Waals surface area contributed by atoms with E-state index in [9.17, 15) is 9.59 Å². The highest BCUT2D eigenvalue weighted by Gasteiger charge is 1.97. The SMILES string of the molecule is O=C(O)CCCCCCCCC=CCC=CCC=CCCCCCCCCC(=O)O. The van der Waals surface area contributed by atoms with Gasteiger partial charge in [0.15, 0.2) is 0 Å².